The average Bonchev–Trinajstić information content (AvgIpc) is 2.56. The van der Waals surface area contributed by atoms with E-state index >= 15 is 0 Å². The first kappa shape index (κ1) is 22.4. The monoisotopic (exact) mass is 379 g/mol. The van der Waals surface area contributed by atoms with E-state index in [-0.39, 0.29) is 18.9 Å². The van der Waals surface area contributed by atoms with Crippen LogP contribution in [0.4, 0.5) is 9.59 Å². The number of carbonyl (C=O) groups excluding carboxylic acids is 3. The molecule has 1 aromatic carbocycles. The number of benzene rings is 1. The van der Waals surface area contributed by atoms with Crippen molar-refractivity contribution in [2.24, 2.45) is 11.8 Å². The Hall–Kier alpha value is -2.61. The van der Waals surface area contributed by atoms with Crippen molar-refractivity contribution in [1.82, 2.24) is 10.3 Å². The normalized spacial score (nSPS) is 12.3. The van der Waals surface area contributed by atoms with Gasteiger partial charge in [-0.15, -0.1) is 0 Å². The number of alkyl carbamates (subject to hydrolysis) is 1. The summed E-state index contributed by atoms with van der Waals surface area (Å²) in [6, 6.07) is 8.00. The summed E-state index contributed by atoms with van der Waals surface area (Å²) in [4.78, 5) is 36.6. The number of nitrogens with zero attached hydrogens (tertiary/aromatic N) is 1. The van der Waals surface area contributed by atoms with Crippen molar-refractivity contribution in [2.45, 2.75) is 59.3 Å². The van der Waals surface area contributed by atoms with Crippen LogP contribution < -0.4 is 11.2 Å². The minimum atomic E-state index is -1.01. The summed E-state index contributed by atoms with van der Waals surface area (Å²) in [6.07, 6.45) is -1.46. The second kappa shape index (κ2) is 9.91. The Morgan fingerprint density at radius 1 is 1.15 bits per heavy atom. The summed E-state index contributed by atoms with van der Waals surface area (Å²) in [7, 11) is 0. The van der Waals surface area contributed by atoms with Crippen molar-refractivity contribution in [3.8, 4) is 0 Å². The molecular formula is C19H29N3O5. The zero-order valence-corrected chi connectivity index (χ0v) is 16.5. The Morgan fingerprint density at radius 2 is 1.74 bits per heavy atom. The molecule has 1 aromatic rings. The third-order valence-electron chi connectivity index (χ3n) is 3.34. The summed E-state index contributed by atoms with van der Waals surface area (Å²) in [6.45, 7) is 8.87. The molecule has 0 unspecified atom stereocenters. The van der Waals surface area contributed by atoms with Crippen molar-refractivity contribution in [3.63, 3.8) is 0 Å². The number of hydrogen-bond acceptors (Lipinski definition) is 6. The van der Waals surface area contributed by atoms with E-state index in [1.165, 1.54) is 0 Å². The third-order valence-corrected chi connectivity index (χ3v) is 3.34. The molecule has 150 valence electrons. The molecule has 3 N–H and O–H groups in total. The molecule has 1 rings (SSSR count). The van der Waals surface area contributed by atoms with Gasteiger partial charge in [0.2, 0.25) is 0 Å². The van der Waals surface area contributed by atoms with E-state index in [4.69, 9.17) is 15.3 Å². The standard InChI is InChI=1S/C19H29N3O5/c1-13(2)11-15(21-17(24)27-19(3,4)5)16(23)22(20)18(25)26-12-14-9-7-6-8-10-14/h6-10,13,15H,11-12,20H2,1-5H3,(H,21,24)/t15-/m0/s1. The van der Waals surface area contributed by atoms with Gasteiger partial charge in [-0.25, -0.2) is 15.4 Å². The van der Waals surface area contributed by atoms with Gasteiger partial charge in [-0.05, 0) is 38.7 Å². The fourth-order valence-corrected chi connectivity index (χ4v) is 2.19. The van der Waals surface area contributed by atoms with Crippen molar-refractivity contribution < 1.29 is 23.9 Å². The molecule has 0 aliphatic heterocycles. The van der Waals surface area contributed by atoms with Crippen LogP contribution in [0.3, 0.4) is 0 Å². The van der Waals surface area contributed by atoms with Gasteiger partial charge >= 0.3 is 12.2 Å². The van der Waals surface area contributed by atoms with Crippen LogP contribution in [0.1, 0.15) is 46.6 Å². The van der Waals surface area contributed by atoms with Crippen LogP contribution in [0.15, 0.2) is 30.3 Å². The van der Waals surface area contributed by atoms with Gasteiger partial charge in [0.05, 0.1) is 0 Å². The van der Waals surface area contributed by atoms with Gasteiger partial charge in [0.15, 0.2) is 0 Å². The molecule has 0 radical (unpaired) electrons. The van der Waals surface area contributed by atoms with Crippen molar-refractivity contribution >= 4 is 18.1 Å². The van der Waals surface area contributed by atoms with Crippen LogP contribution in [-0.2, 0) is 20.9 Å². The Kier molecular flexibility index (Phi) is 8.24. The number of hydrogen-bond donors (Lipinski definition) is 2. The molecule has 8 nitrogen and oxygen atoms in total. The van der Waals surface area contributed by atoms with Crippen LogP contribution >= 0.6 is 0 Å². The SMILES string of the molecule is CC(C)C[C@H](NC(=O)OC(C)(C)C)C(=O)N(N)C(=O)OCc1ccccc1. The van der Waals surface area contributed by atoms with Crippen molar-refractivity contribution in [2.75, 3.05) is 0 Å². The van der Waals surface area contributed by atoms with Crippen molar-refractivity contribution in [3.05, 3.63) is 35.9 Å². The first-order valence-corrected chi connectivity index (χ1v) is 8.78. The number of carbonyl (C=O) groups is 3. The fourth-order valence-electron chi connectivity index (χ4n) is 2.19. The lowest BCUT2D eigenvalue weighted by atomic mass is 10.0. The maximum Gasteiger partial charge on any atom is 0.431 e. The molecule has 0 aliphatic rings. The van der Waals surface area contributed by atoms with E-state index in [1.54, 1.807) is 45.0 Å². The number of amides is 3. The largest absolute Gasteiger partial charge is 0.444 e. The molecule has 27 heavy (non-hydrogen) atoms. The number of nitrogens with two attached hydrogens (primary N) is 1. The first-order chi connectivity index (χ1) is 12.5. The van der Waals surface area contributed by atoms with E-state index in [0.717, 1.165) is 5.56 Å². The quantitative estimate of drug-likeness (QED) is 0.447. The van der Waals surface area contributed by atoms with Gasteiger partial charge in [0, 0.05) is 0 Å². The molecule has 0 aromatic heterocycles. The van der Waals surface area contributed by atoms with E-state index in [0.29, 0.717) is 5.01 Å². The summed E-state index contributed by atoms with van der Waals surface area (Å²) < 4.78 is 10.2. The van der Waals surface area contributed by atoms with Gasteiger partial charge in [0.1, 0.15) is 18.2 Å². The van der Waals surface area contributed by atoms with Gasteiger partial charge in [-0.3, -0.25) is 4.79 Å². The molecule has 3 amide bonds. The van der Waals surface area contributed by atoms with Crippen LogP contribution in [0.5, 0.6) is 0 Å². The Morgan fingerprint density at radius 3 is 2.26 bits per heavy atom. The molecule has 0 fully saturated rings. The Labute approximate surface area is 160 Å². The number of rotatable bonds is 6. The second-order valence-corrected chi connectivity index (χ2v) is 7.58. The summed E-state index contributed by atoms with van der Waals surface area (Å²) in [5.74, 6) is 4.92. The van der Waals surface area contributed by atoms with Crippen LogP contribution in [0.2, 0.25) is 0 Å². The highest BCUT2D eigenvalue weighted by Crippen LogP contribution is 2.11. The molecule has 0 aliphatic carbocycles. The Bertz CT molecular complexity index is 640. The van der Waals surface area contributed by atoms with Gasteiger partial charge in [0.25, 0.3) is 5.91 Å². The molecular weight excluding hydrogens is 350 g/mol. The Balaban J connectivity index is 2.71. The summed E-state index contributed by atoms with van der Waals surface area (Å²) >= 11 is 0. The van der Waals surface area contributed by atoms with E-state index in [1.807, 2.05) is 19.9 Å². The van der Waals surface area contributed by atoms with E-state index in [2.05, 4.69) is 5.32 Å². The third kappa shape index (κ3) is 8.54. The molecule has 0 saturated carbocycles. The van der Waals surface area contributed by atoms with Crippen molar-refractivity contribution in [1.29, 1.82) is 0 Å². The molecule has 1 atom stereocenters. The van der Waals surface area contributed by atoms with E-state index in [9.17, 15) is 14.4 Å². The highest BCUT2D eigenvalue weighted by atomic mass is 16.6. The average molecular weight is 379 g/mol. The molecule has 0 spiro atoms. The zero-order chi connectivity index (χ0) is 20.6. The van der Waals surface area contributed by atoms with Crippen LogP contribution in [0, 0.1) is 5.92 Å². The molecule has 0 heterocycles. The van der Waals surface area contributed by atoms with Gasteiger partial charge in [-0.1, -0.05) is 44.2 Å². The zero-order valence-electron chi connectivity index (χ0n) is 16.5. The fraction of sp³-hybridized carbons (Fsp3) is 0.526. The highest BCUT2D eigenvalue weighted by Gasteiger charge is 2.31. The predicted molar refractivity (Wildman–Crippen MR) is 100 cm³/mol. The summed E-state index contributed by atoms with van der Waals surface area (Å²) in [5, 5.41) is 2.86. The lowest BCUT2D eigenvalue weighted by Crippen LogP contribution is -2.54. The minimum Gasteiger partial charge on any atom is -0.444 e. The maximum absolute atomic E-state index is 12.6. The topological polar surface area (TPSA) is 111 Å². The highest BCUT2D eigenvalue weighted by molar-refractivity contribution is 5.95. The summed E-state index contributed by atoms with van der Waals surface area (Å²) in [5.41, 5.74) is 0.0457. The maximum atomic E-state index is 12.6. The molecule has 0 saturated heterocycles. The number of nitrogens with one attached hydrogen (secondary N) is 1. The van der Waals surface area contributed by atoms with Gasteiger partial charge in [-0.2, -0.15) is 5.01 Å². The second-order valence-electron chi connectivity index (χ2n) is 7.58. The lowest BCUT2D eigenvalue weighted by molar-refractivity contribution is -0.132. The minimum absolute atomic E-state index is 0.0189. The van der Waals surface area contributed by atoms with Gasteiger partial charge < -0.3 is 14.8 Å². The molecule has 0 bridgehead atoms. The predicted octanol–water partition coefficient (Wildman–Crippen LogP) is 2.96. The van der Waals surface area contributed by atoms with Crippen LogP contribution in [-0.4, -0.2) is 34.7 Å². The van der Waals surface area contributed by atoms with E-state index < -0.39 is 29.7 Å². The van der Waals surface area contributed by atoms with Crippen LogP contribution in [0.25, 0.3) is 0 Å². The first-order valence-electron chi connectivity index (χ1n) is 8.78. The number of ether oxygens (including phenoxy) is 2. The number of hydrazine groups is 1. The number of imide groups is 1. The lowest BCUT2D eigenvalue weighted by Gasteiger charge is -2.26. The smallest absolute Gasteiger partial charge is 0.431 e. The molecule has 8 heteroatoms.